The molecule has 1 aliphatic heterocycles. The van der Waals surface area contributed by atoms with Gasteiger partial charge in [0.05, 0.1) is 27.3 Å². The van der Waals surface area contributed by atoms with Crippen molar-refractivity contribution in [2.24, 2.45) is 0 Å². The lowest BCUT2D eigenvalue weighted by atomic mass is 10.0. The molecule has 2 aromatic heterocycles. The maximum atomic E-state index is 15.0. The van der Waals surface area contributed by atoms with E-state index in [1.54, 1.807) is 18.4 Å². The molecular formula is C24H20BrClFNO2S. The summed E-state index contributed by atoms with van der Waals surface area (Å²) in [5.41, 5.74) is 1.94. The van der Waals surface area contributed by atoms with Crippen LogP contribution in [0.25, 0.3) is 22.2 Å². The van der Waals surface area contributed by atoms with Gasteiger partial charge in [-0.2, -0.15) is 0 Å². The van der Waals surface area contributed by atoms with Crippen molar-refractivity contribution in [3.05, 3.63) is 73.6 Å². The van der Waals surface area contributed by atoms with Crippen molar-refractivity contribution in [2.45, 2.75) is 32.1 Å². The molecule has 0 saturated heterocycles. The minimum Gasteiger partial charge on any atom is -0.464 e. The fourth-order valence-electron chi connectivity index (χ4n) is 4.02. The molecule has 0 amide bonds. The van der Waals surface area contributed by atoms with Crippen molar-refractivity contribution >= 4 is 49.8 Å². The van der Waals surface area contributed by atoms with Crippen molar-refractivity contribution in [1.29, 1.82) is 0 Å². The fraction of sp³-hybridized carbons (Fsp3) is 0.250. The summed E-state index contributed by atoms with van der Waals surface area (Å²) in [6.45, 7) is 4.14. The minimum absolute atomic E-state index is 0.252. The lowest BCUT2D eigenvalue weighted by Crippen LogP contribution is -2.24. The van der Waals surface area contributed by atoms with Gasteiger partial charge >= 0.3 is 0 Å². The number of methoxy groups -OCH3 is 1. The smallest absolute Gasteiger partial charge is 0.212 e. The van der Waals surface area contributed by atoms with Gasteiger partial charge in [0, 0.05) is 33.3 Å². The molecule has 1 aliphatic rings. The van der Waals surface area contributed by atoms with Crippen LogP contribution in [0.15, 0.2) is 53.0 Å². The Bertz CT molecular complexity index is 1310. The number of benzene rings is 2. The molecule has 0 radical (unpaired) electrons. The number of fused-ring (bicyclic) bond motifs is 5. The molecule has 0 aliphatic carbocycles. The number of hydrogen-bond donors (Lipinski definition) is 0. The molecular weight excluding hydrogens is 501 g/mol. The van der Waals surface area contributed by atoms with Crippen LogP contribution in [0, 0.1) is 5.82 Å². The second kappa shape index (κ2) is 7.62. The number of hydrogen-bond acceptors (Lipinski definition) is 3. The molecule has 0 bridgehead atoms. The van der Waals surface area contributed by atoms with Gasteiger partial charge in [0.1, 0.15) is 11.6 Å². The molecule has 3 heterocycles. The molecule has 0 spiro atoms. The van der Waals surface area contributed by atoms with E-state index in [1.165, 1.54) is 10.9 Å². The Hall–Kier alpha value is -1.86. The van der Waals surface area contributed by atoms with Crippen molar-refractivity contribution in [3.63, 3.8) is 0 Å². The Morgan fingerprint density at radius 1 is 1.19 bits per heavy atom. The average molecular weight is 521 g/mol. The van der Waals surface area contributed by atoms with Crippen LogP contribution in [-0.2, 0) is 11.2 Å². The van der Waals surface area contributed by atoms with E-state index in [9.17, 15) is 0 Å². The average Bonchev–Trinajstić information content (AvgIpc) is 3.30. The predicted octanol–water partition coefficient (Wildman–Crippen LogP) is 7.83. The van der Waals surface area contributed by atoms with Gasteiger partial charge in [-0.05, 0) is 62.4 Å². The van der Waals surface area contributed by atoms with E-state index < -0.39 is 6.23 Å². The Labute approximate surface area is 197 Å². The molecule has 3 nitrogen and oxygen atoms in total. The van der Waals surface area contributed by atoms with Gasteiger partial charge < -0.3 is 9.47 Å². The predicted molar refractivity (Wildman–Crippen MR) is 128 cm³/mol. The zero-order chi connectivity index (χ0) is 21.9. The van der Waals surface area contributed by atoms with E-state index in [4.69, 9.17) is 21.1 Å². The van der Waals surface area contributed by atoms with Gasteiger partial charge in [0.15, 0.2) is 0 Å². The van der Waals surface area contributed by atoms with Crippen LogP contribution in [0.4, 0.5) is 4.39 Å². The highest BCUT2D eigenvalue weighted by Crippen LogP contribution is 2.47. The van der Waals surface area contributed by atoms with Crippen LogP contribution in [0.2, 0.25) is 5.02 Å². The van der Waals surface area contributed by atoms with E-state index in [0.29, 0.717) is 20.8 Å². The van der Waals surface area contributed by atoms with Gasteiger partial charge in [0.2, 0.25) is 6.23 Å². The lowest BCUT2D eigenvalue weighted by Gasteiger charge is -2.29. The first-order valence-corrected chi connectivity index (χ1v) is 11.8. The normalized spacial score (nSPS) is 15.6. The van der Waals surface area contributed by atoms with E-state index >= 15 is 4.39 Å². The first kappa shape index (κ1) is 21.0. The van der Waals surface area contributed by atoms with Crippen LogP contribution in [0.1, 0.15) is 29.8 Å². The molecule has 0 fully saturated rings. The molecule has 1 atom stereocenters. The topological polar surface area (TPSA) is 23.4 Å². The van der Waals surface area contributed by atoms with Gasteiger partial charge in [-0.25, -0.2) is 4.39 Å². The third-order valence-corrected chi connectivity index (χ3v) is 7.44. The summed E-state index contributed by atoms with van der Waals surface area (Å²) in [5, 5.41) is 1.59. The van der Waals surface area contributed by atoms with Crippen molar-refractivity contribution in [3.8, 4) is 17.0 Å². The maximum Gasteiger partial charge on any atom is 0.212 e. The summed E-state index contributed by atoms with van der Waals surface area (Å²) in [7, 11) is 1.73. The molecule has 0 saturated carbocycles. The largest absolute Gasteiger partial charge is 0.464 e. The molecule has 0 N–H and O–H groups in total. The molecule has 7 heteroatoms. The van der Waals surface area contributed by atoms with Gasteiger partial charge in [0.25, 0.3) is 0 Å². The Balaban J connectivity index is 1.69. The van der Waals surface area contributed by atoms with Gasteiger partial charge in [-0.3, -0.25) is 4.57 Å². The zero-order valence-electron chi connectivity index (χ0n) is 17.2. The van der Waals surface area contributed by atoms with Crippen LogP contribution >= 0.6 is 38.9 Å². The van der Waals surface area contributed by atoms with Crippen molar-refractivity contribution in [2.75, 3.05) is 7.11 Å². The number of halogens is 3. The van der Waals surface area contributed by atoms with E-state index in [1.807, 2.05) is 30.3 Å². The summed E-state index contributed by atoms with van der Waals surface area (Å²) >= 11 is 11.3. The highest BCUT2D eigenvalue weighted by atomic mass is 79.9. The van der Waals surface area contributed by atoms with Gasteiger partial charge in [-0.15, -0.1) is 11.3 Å². The SMILES string of the molecule is COC(C)(C)Cc1ccc(C2Oc3cc(Br)cc(F)c3-c3cc4cc(Cl)ccc4n32)s1. The maximum absolute atomic E-state index is 15.0. The third-order valence-electron chi connectivity index (χ3n) is 5.63. The standard InChI is InChI=1S/C24H20BrClFNO2S/c1-24(2,29-3)12-16-5-7-21(31-16)23-28-18-6-4-15(26)8-13(18)9-19(28)22-17(27)10-14(25)11-20(22)30-23/h4-11,23H,12H2,1-3H3. The molecule has 160 valence electrons. The van der Waals surface area contributed by atoms with Crippen LogP contribution < -0.4 is 4.74 Å². The number of thiophene rings is 1. The first-order valence-electron chi connectivity index (χ1n) is 9.86. The lowest BCUT2D eigenvalue weighted by molar-refractivity contribution is 0.0238. The number of ether oxygens (including phenoxy) is 2. The Morgan fingerprint density at radius 2 is 2.00 bits per heavy atom. The molecule has 1 unspecified atom stereocenters. The van der Waals surface area contributed by atoms with E-state index in [-0.39, 0.29) is 11.4 Å². The Morgan fingerprint density at radius 3 is 2.77 bits per heavy atom. The summed E-state index contributed by atoms with van der Waals surface area (Å²) in [6.07, 6.45) is 0.395. The number of nitrogens with zero attached hydrogens (tertiary/aromatic N) is 1. The van der Waals surface area contributed by atoms with Crippen molar-refractivity contribution < 1.29 is 13.9 Å². The van der Waals surface area contributed by atoms with Crippen LogP contribution in [0.3, 0.4) is 0 Å². The molecule has 5 rings (SSSR count). The second-order valence-corrected chi connectivity index (χ2v) is 10.8. The monoisotopic (exact) mass is 519 g/mol. The number of aromatic nitrogens is 1. The minimum atomic E-state index is -0.403. The van der Waals surface area contributed by atoms with E-state index in [0.717, 1.165) is 27.9 Å². The first-order chi connectivity index (χ1) is 14.8. The van der Waals surface area contributed by atoms with Gasteiger partial charge in [-0.1, -0.05) is 27.5 Å². The van der Waals surface area contributed by atoms with Crippen LogP contribution in [0.5, 0.6) is 5.75 Å². The quantitative estimate of drug-likeness (QED) is 0.274. The number of rotatable bonds is 4. The molecule has 4 aromatic rings. The van der Waals surface area contributed by atoms with Crippen LogP contribution in [-0.4, -0.2) is 17.3 Å². The summed E-state index contributed by atoms with van der Waals surface area (Å²) in [6, 6.07) is 15.2. The molecule has 31 heavy (non-hydrogen) atoms. The second-order valence-electron chi connectivity index (χ2n) is 8.28. The highest BCUT2D eigenvalue weighted by Gasteiger charge is 2.32. The highest BCUT2D eigenvalue weighted by molar-refractivity contribution is 9.10. The van der Waals surface area contributed by atoms with Crippen molar-refractivity contribution in [1.82, 2.24) is 4.57 Å². The zero-order valence-corrected chi connectivity index (χ0v) is 20.4. The summed E-state index contributed by atoms with van der Waals surface area (Å²) in [4.78, 5) is 2.25. The summed E-state index contributed by atoms with van der Waals surface area (Å²) in [5.74, 6) is 0.192. The Kier molecular flexibility index (Phi) is 5.17. The fourth-order valence-corrected chi connectivity index (χ4v) is 5.85. The molecule has 2 aromatic carbocycles. The third kappa shape index (κ3) is 3.69. The summed E-state index contributed by atoms with van der Waals surface area (Å²) < 4.78 is 29.7. The van der Waals surface area contributed by atoms with E-state index in [2.05, 4.69) is 46.5 Å².